The monoisotopic (exact) mass is 396 g/mol. The summed E-state index contributed by atoms with van der Waals surface area (Å²) in [4.78, 5) is 0. The van der Waals surface area contributed by atoms with Gasteiger partial charge in [-0.1, -0.05) is 72.8 Å². The first-order valence-corrected chi connectivity index (χ1v) is 10.7. The van der Waals surface area contributed by atoms with Gasteiger partial charge in [0, 0.05) is 45.0 Å². The number of aromatic nitrogens is 2. The maximum absolute atomic E-state index is 2.44. The fourth-order valence-corrected chi connectivity index (χ4v) is 5.28. The van der Waals surface area contributed by atoms with Crippen LogP contribution in [-0.4, -0.2) is 9.13 Å². The summed E-state index contributed by atoms with van der Waals surface area (Å²) in [5, 5.41) is 7.72. The van der Waals surface area contributed by atoms with Crippen molar-refractivity contribution in [2.75, 3.05) is 0 Å². The number of nitrogens with zero attached hydrogens (tertiary/aromatic N) is 2. The summed E-state index contributed by atoms with van der Waals surface area (Å²) in [5.74, 6) is 0. The third-order valence-corrected chi connectivity index (χ3v) is 6.71. The van der Waals surface area contributed by atoms with Crippen LogP contribution in [0.1, 0.15) is 0 Å². The van der Waals surface area contributed by atoms with Crippen molar-refractivity contribution in [3.05, 3.63) is 103 Å². The Morgan fingerprint density at radius 2 is 1.03 bits per heavy atom. The van der Waals surface area contributed by atoms with Gasteiger partial charge in [-0.2, -0.15) is 0 Å². The van der Waals surface area contributed by atoms with Gasteiger partial charge in [0.1, 0.15) is 0 Å². The summed E-state index contributed by atoms with van der Waals surface area (Å²) in [6.07, 6.45) is 0. The molecule has 0 saturated carbocycles. The van der Waals surface area contributed by atoms with Crippen LogP contribution in [0.2, 0.25) is 0 Å². The molecule has 0 spiro atoms. The summed E-state index contributed by atoms with van der Waals surface area (Å²) in [5.41, 5.74) is 6.26. The minimum Gasteiger partial charge on any atom is -0.344 e. The van der Waals surface area contributed by atoms with Gasteiger partial charge in [0.2, 0.25) is 0 Å². The minimum atomic E-state index is 1.23. The molecule has 0 aliphatic heterocycles. The van der Waals surface area contributed by atoms with Crippen LogP contribution in [0.5, 0.6) is 0 Å². The summed E-state index contributed by atoms with van der Waals surface area (Å²) in [6, 6.07) is 37.4. The van der Waals surface area contributed by atoms with Gasteiger partial charge >= 0.3 is 0 Å². The molecule has 0 saturated heterocycles. The van der Waals surface area contributed by atoms with Gasteiger partial charge in [-0.15, -0.1) is 0 Å². The van der Waals surface area contributed by atoms with Crippen molar-refractivity contribution in [3.63, 3.8) is 0 Å². The standard InChI is InChI=1S/C29H20N2/c1-30-25-14-6-4-12-21(25)23-18-29-24(17-28(23)30)22-13-5-7-15-27(22)31(29)26-16-8-10-19-9-2-3-11-20(19)26/h2-18H,1H3. The average molecular weight is 396 g/mol. The molecule has 7 rings (SSSR count). The zero-order chi connectivity index (χ0) is 20.5. The van der Waals surface area contributed by atoms with E-state index in [1.54, 1.807) is 0 Å². The summed E-state index contributed by atoms with van der Waals surface area (Å²) < 4.78 is 4.75. The van der Waals surface area contributed by atoms with Gasteiger partial charge in [0.05, 0.1) is 16.7 Å². The summed E-state index contributed by atoms with van der Waals surface area (Å²) in [6.45, 7) is 0. The van der Waals surface area contributed by atoms with E-state index in [0.717, 1.165) is 0 Å². The van der Waals surface area contributed by atoms with Crippen molar-refractivity contribution in [1.29, 1.82) is 0 Å². The number of benzene rings is 5. The Bertz CT molecular complexity index is 1790. The highest BCUT2D eigenvalue weighted by Gasteiger charge is 2.17. The van der Waals surface area contributed by atoms with Crippen molar-refractivity contribution in [1.82, 2.24) is 9.13 Å². The predicted molar refractivity (Wildman–Crippen MR) is 132 cm³/mol. The molecular weight excluding hydrogens is 376 g/mol. The molecule has 0 unspecified atom stereocenters. The van der Waals surface area contributed by atoms with Crippen molar-refractivity contribution >= 4 is 54.4 Å². The molecule has 0 radical (unpaired) electrons. The fraction of sp³-hybridized carbons (Fsp3) is 0.0345. The van der Waals surface area contributed by atoms with Gasteiger partial charge in [-0.25, -0.2) is 0 Å². The van der Waals surface area contributed by atoms with Crippen molar-refractivity contribution in [2.24, 2.45) is 7.05 Å². The number of para-hydroxylation sites is 2. The lowest BCUT2D eigenvalue weighted by Crippen LogP contribution is -1.95. The molecular formula is C29H20N2. The van der Waals surface area contributed by atoms with E-state index >= 15 is 0 Å². The van der Waals surface area contributed by atoms with E-state index in [4.69, 9.17) is 0 Å². The average Bonchev–Trinajstić information content (AvgIpc) is 3.30. The van der Waals surface area contributed by atoms with Crippen LogP contribution in [0.15, 0.2) is 103 Å². The molecule has 5 aromatic carbocycles. The molecule has 7 aromatic rings. The quantitative estimate of drug-likeness (QED) is 0.271. The van der Waals surface area contributed by atoms with Crippen molar-refractivity contribution < 1.29 is 0 Å². The molecule has 0 aliphatic rings. The predicted octanol–water partition coefficient (Wildman–Crippen LogP) is 7.58. The number of hydrogen-bond acceptors (Lipinski definition) is 0. The van der Waals surface area contributed by atoms with Crippen LogP contribution in [0.3, 0.4) is 0 Å². The maximum Gasteiger partial charge on any atom is 0.0549 e. The van der Waals surface area contributed by atoms with Crippen LogP contribution in [0, 0.1) is 0 Å². The largest absolute Gasteiger partial charge is 0.344 e. The lowest BCUT2D eigenvalue weighted by atomic mass is 10.1. The van der Waals surface area contributed by atoms with Gasteiger partial charge in [0.25, 0.3) is 0 Å². The van der Waals surface area contributed by atoms with Gasteiger partial charge < -0.3 is 9.13 Å². The normalized spacial score (nSPS) is 12.0. The zero-order valence-corrected chi connectivity index (χ0v) is 17.2. The van der Waals surface area contributed by atoms with Crippen LogP contribution in [0.25, 0.3) is 60.1 Å². The van der Waals surface area contributed by atoms with E-state index in [9.17, 15) is 0 Å². The third kappa shape index (κ3) is 2.17. The van der Waals surface area contributed by atoms with Crippen LogP contribution < -0.4 is 0 Å². The molecule has 2 aromatic heterocycles. The van der Waals surface area contributed by atoms with E-state index in [2.05, 4.69) is 119 Å². The van der Waals surface area contributed by atoms with E-state index in [-0.39, 0.29) is 0 Å². The number of hydrogen-bond donors (Lipinski definition) is 0. The highest BCUT2D eigenvalue weighted by atomic mass is 15.0. The molecule has 0 aliphatic carbocycles. The molecule has 0 N–H and O–H groups in total. The van der Waals surface area contributed by atoms with Gasteiger partial charge in [-0.05, 0) is 35.7 Å². The molecule has 146 valence electrons. The fourth-order valence-electron chi connectivity index (χ4n) is 5.28. The van der Waals surface area contributed by atoms with E-state index < -0.39 is 0 Å². The first-order chi connectivity index (χ1) is 15.3. The Morgan fingerprint density at radius 1 is 0.452 bits per heavy atom. The molecule has 0 bridgehead atoms. The second kappa shape index (κ2) is 5.99. The second-order valence-corrected chi connectivity index (χ2v) is 8.31. The van der Waals surface area contributed by atoms with E-state index in [1.165, 1.54) is 60.1 Å². The summed E-state index contributed by atoms with van der Waals surface area (Å²) >= 11 is 0. The lowest BCUT2D eigenvalue weighted by molar-refractivity contribution is 1.02. The van der Waals surface area contributed by atoms with Gasteiger partial charge in [-0.3, -0.25) is 0 Å². The lowest BCUT2D eigenvalue weighted by Gasteiger charge is -2.11. The number of aryl methyl sites for hydroxylation is 1. The van der Waals surface area contributed by atoms with E-state index in [1.807, 2.05) is 0 Å². The van der Waals surface area contributed by atoms with Gasteiger partial charge in [0.15, 0.2) is 0 Å². The van der Waals surface area contributed by atoms with Crippen LogP contribution in [-0.2, 0) is 7.05 Å². The number of fused-ring (bicyclic) bond motifs is 7. The summed E-state index contributed by atoms with van der Waals surface area (Å²) in [7, 11) is 2.17. The Hall–Kier alpha value is -4.04. The van der Waals surface area contributed by atoms with Crippen molar-refractivity contribution in [2.45, 2.75) is 0 Å². The minimum absolute atomic E-state index is 1.23. The molecule has 0 fully saturated rings. The Kier molecular flexibility index (Phi) is 3.23. The van der Waals surface area contributed by atoms with Crippen LogP contribution in [0.4, 0.5) is 0 Å². The second-order valence-electron chi connectivity index (χ2n) is 8.31. The highest BCUT2D eigenvalue weighted by Crippen LogP contribution is 2.39. The zero-order valence-electron chi connectivity index (χ0n) is 17.2. The first-order valence-electron chi connectivity index (χ1n) is 10.7. The third-order valence-electron chi connectivity index (χ3n) is 6.71. The molecule has 0 amide bonds. The molecule has 31 heavy (non-hydrogen) atoms. The molecule has 2 heterocycles. The first kappa shape index (κ1) is 16.7. The molecule has 2 nitrogen and oxygen atoms in total. The SMILES string of the molecule is Cn1c2ccccc2c2cc3c(cc21)c1ccccc1n3-c1cccc2ccccc12. The Labute approximate surface area is 179 Å². The Balaban J connectivity index is 1.73. The van der Waals surface area contributed by atoms with E-state index in [0.29, 0.717) is 0 Å². The number of rotatable bonds is 1. The highest BCUT2D eigenvalue weighted by molar-refractivity contribution is 6.18. The smallest absolute Gasteiger partial charge is 0.0549 e. The topological polar surface area (TPSA) is 9.86 Å². The molecule has 2 heteroatoms. The Morgan fingerprint density at radius 3 is 1.87 bits per heavy atom. The van der Waals surface area contributed by atoms with Crippen LogP contribution >= 0.6 is 0 Å². The van der Waals surface area contributed by atoms with Crippen molar-refractivity contribution in [3.8, 4) is 5.69 Å². The molecule has 0 atom stereocenters. The maximum atomic E-state index is 2.44.